The molecule has 1 aliphatic rings. The number of halogens is 1. The molecule has 0 atom stereocenters. The molecule has 1 aliphatic heterocycles. The van der Waals surface area contributed by atoms with Gasteiger partial charge < -0.3 is 8.92 Å². The second kappa shape index (κ2) is 7.78. The fourth-order valence-corrected chi connectivity index (χ4v) is 4.42. The highest BCUT2D eigenvalue weighted by Gasteiger charge is 2.24. The molecule has 0 amide bonds. The van der Waals surface area contributed by atoms with Crippen LogP contribution in [0.4, 0.5) is 0 Å². The molecule has 4 heterocycles. The van der Waals surface area contributed by atoms with Gasteiger partial charge in [0.15, 0.2) is 5.58 Å². The monoisotopic (exact) mass is 409 g/mol. The molecular weight excluding hydrogens is 386 g/mol. The summed E-state index contributed by atoms with van der Waals surface area (Å²) in [5, 5.41) is 5.99. The lowest BCUT2D eigenvalue weighted by atomic mass is 10.0. The van der Waals surface area contributed by atoms with Gasteiger partial charge in [-0.2, -0.15) is 0 Å². The minimum Gasteiger partial charge on any atom is -0.356 e. The number of hydrogen-bond donors (Lipinski definition) is 0. The largest absolute Gasteiger partial charge is 0.356 e. The van der Waals surface area contributed by atoms with Crippen LogP contribution in [0.2, 0.25) is 5.02 Å². The van der Waals surface area contributed by atoms with Gasteiger partial charge in [-0.05, 0) is 50.2 Å². The number of pyridine rings is 1. The lowest BCUT2D eigenvalue weighted by Crippen LogP contribution is -2.42. The Hall–Kier alpha value is -2.41. The molecule has 0 unspecified atom stereocenters. The first-order valence-corrected chi connectivity index (χ1v) is 10.4. The highest BCUT2D eigenvalue weighted by Crippen LogP contribution is 2.25. The number of hydrogen-bond acceptors (Lipinski definition) is 5. The zero-order valence-electron chi connectivity index (χ0n) is 16.5. The first kappa shape index (κ1) is 18.6. The van der Waals surface area contributed by atoms with Gasteiger partial charge >= 0.3 is 0 Å². The van der Waals surface area contributed by atoms with E-state index in [2.05, 4.69) is 32.6 Å². The molecule has 1 aromatic carbocycles. The molecule has 1 saturated heterocycles. The summed E-state index contributed by atoms with van der Waals surface area (Å²) in [7, 11) is 2.17. The summed E-state index contributed by atoms with van der Waals surface area (Å²) in [6.07, 6.45) is 6.46. The first-order valence-electron chi connectivity index (χ1n) is 10.0. The van der Waals surface area contributed by atoms with E-state index in [-0.39, 0.29) is 0 Å². The second-order valence-corrected chi connectivity index (χ2v) is 8.33. The number of nitrogens with zero attached hydrogens (tertiary/aromatic N) is 5. The molecule has 3 aromatic heterocycles. The summed E-state index contributed by atoms with van der Waals surface area (Å²) in [4.78, 5) is 9.62. The van der Waals surface area contributed by atoms with Crippen LogP contribution in [0.15, 0.2) is 53.3 Å². The van der Waals surface area contributed by atoms with Gasteiger partial charge in [0.1, 0.15) is 11.3 Å². The zero-order valence-corrected chi connectivity index (χ0v) is 17.2. The molecule has 1 fully saturated rings. The molecule has 0 radical (unpaired) electrons. The van der Waals surface area contributed by atoms with E-state index in [1.807, 2.05) is 42.6 Å². The first-order chi connectivity index (χ1) is 14.2. The number of rotatable bonds is 5. The Labute approximate surface area is 174 Å². The summed E-state index contributed by atoms with van der Waals surface area (Å²) in [6.45, 7) is 3.83. The lowest BCUT2D eigenvalue weighted by Gasteiger charge is -2.36. The predicted molar refractivity (Wildman–Crippen MR) is 114 cm³/mol. The fraction of sp³-hybridized carbons (Fsp3) is 0.364. The average molecular weight is 410 g/mol. The summed E-state index contributed by atoms with van der Waals surface area (Å²) >= 11 is 6.15. The van der Waals surface area contributed by atoms with E-state index in [1.54, 1.807) is 0 Å². The molecule has 7 heteroatoms. The van der Waals surface area contributed by atoms with E-state index in [9.17, 15) is 0 Å². The van der Waals surface area contributed by atoms with Crippen LogP contribution in [-0.4, -0.2) is 50.5 Å². The van der Waals surface area contributed by atoms with E-state index >= 15 is 0 Å². The maximum Gasteiger partial charge on any atom is 0.167 e. The third-order valence-electron chi connectivity index (χ3n) is 5.89. The van der Waals surface area contributed by atoms with Crippen LogP contribution in [0.25, 0.3) is 16.6 Å². The van der Waals surface area contributed by atoms with Crippen molar-refractivity contribution in [2.24, 2.45) is 0 Å². The van der Waals surface area contributed by atoms with E-state index in [0.717, 1.165) is 67.0 Å². The topological polar surface area (TPSA) is 49.8 Å². The number of aromatic nitrogens is 3. The molecule has 0 bridgehead atoms. The maximum absolute atomic E-state index is 6.15. The Kier molecular flexibility index (Phi) is 4.99. The van der Waals surface area contributed by atoms with Gasteiger partial charge in [-0.3, -0.25) is 9.80 Å². The maximum atomic E-state index is 6.15. The van der Waals surface area contributed by atoms with Crippen LogP contribution in [0.5, 0.6) is 0 Å². The van der Waals surface area contributed by atoms with Crippen molar-refractivity contribution >= 4 is 28.2 Å². The summed E-state index contributed by atoms with van der Waals surface area (Å²) in [5.41, 5.74) is 3.89. The Morgan fingerprint density at radius 1 is 1.21 bits per heavy atom. The SMILES string of the molecule is CN(Cc1noc2ccc(Cl)cc12)C1CCN(Cc2cn3ccccc3n2)CC1. The van der Waals surface area contributed by atoms with Crippen molar-refractivity contribution in [3.05, 3.63) is 65.2 Å². The number of imidazole rings is 1. The molecule has 0 N–H and O–H groups in total. The Morgan fingerprint density at radius 2 is 2.07 bits per heavy atom. The van der Waals surface area contributed by atoms with Gasteiger partial charge in [-0.1, -0.05) is 22.8 Å². The van der Waals surface area contributed by atoms with Crippen LogP contribution >= 0.6 is 11.6 Å². The summed E-state index contributed by atoms with van der Waals surface area (Å²) < 4.78 is 7.54. The number of likely N-dealkylation sites (tertiary alicyclic amines) is 1. The van der Waals surface area contributed by atoms with E-state index < -0.39 is 0 Å². The number of benzene rings is 1. The Balaban J connectivity index is 1.19. The molecule has 29 heavy (non-hydrogen) atoms. The van der Waals surface area contributed by atoms with Gasteiger partial charge in [0.05, 0.1) is 5.69 Å². The quantitative estimate of drug-likeness (QED) is 0.493. The van der Waals surface area contributed by atoms with Crippen LogP contribution in [0.1, 0.15) is 24.2 Å². The third-order valence-corrected chi connectivity index (χ3v) is 6.12. The van der Waals surface area contributed by atoms with Crippen molar-refractivity contribution in [1.82, 2.24) is 24.3 Å². The number of piperidine rings is 1. The minimum absolute atomic E-state index is 0.540. The number of fused-ring (bicyclic) bond motifs is 2. The Morgan fingerprint density at radius 3 is 2.90 bits per heavy atom. The van der Waals surface area contributed by atoms with Crippen LogP contribution in [0.3, 0.4) is 0 Å². The van der Waals surface area contributed by atoms with Crippen LogP contribution in [-0.2, 0) is 13.1 Å². The fourth-order valence-electron chi connectivity index (χ4n) is 4.25. The summed E-state index contributed by atoms with van der Waals surface area (Å²) in [6, 6.07) is 12.3. The second-order valence-electron chi connectivity index (χ2n) is 7.89. The standard InChI is InChI=1S/C22H24ClN5O/c1-26(15-20-19-12-16(23)5-6-21(19)29-25-20)18-7-10-27(11-8-18)13-17-14-28-9-3-2-4-22(28)24-17/h2-6,9,12,14,18H,7-8,10-11,13,15H2,1H3. The Bertz CT molecular complexity index is 1100. The highest BCUT2D eigenvalue weighted by atomic mass is 35.5. The van der Waals surface area contributed by atoms with Gasteiger partial charge in [-0.25, -0.2) is 4.98 Å². The van der Waals surface area contributed by atoms with Crippen LogP contribution in [0, 0.1) is 0 Å². The van der Waals surface area contributed by atoms with Crippen LogP contribution < -0.4 is 0 Å². The normalized spacial score (nSPS) is 16.4. The lowest BCUT2D eigenvalue weighted by molar-refractivity contribution is 0.117. The van der Waals surface area contributed by atoms with Crippen molar-refractivity contribution in [3.8, 4) is 0 Å². The van der Waals surface area contributed by atoms with Gasteiger partial charge in [0, 0.05) is 55.0 Å². The van der Waals surface area contributed by atoms with E-state index in [4.69, 9.17) is 21.1 Å². The van der Waals surface area contributed by atoms with Gasteiger partial charge in [0.2, 0.25) is 0 Å². The molecule has 0 aliphatic carbocycles. The molecule has 150 valence electrons. The van der Waals surface area contributed by atoms with Crippen molar-refractivity contribution < 1.29 is 4.52 Å². The smallest absolute Gasteiger partial charge is 0.167 e. The van der Waals surface area contributed by atoms with Crippen molar-refractivity contribution in [3.63, 3.8) is 0 Å². The third kappa shape index (κ3) is 3.88. The van der Waals surface area contributed by atoms with Crippen molar-refractivity contribution in [1.29, 1.82) is 0 Å². The van der Waals surface area contributed by atoms with Gasteiger partial charge in [0.25, 0.3) is 0 Å². The summed E-state index contributed by atoms with van der Waals surface area (Å²) in [5.74, 6) is 0. The van der Waals surface area contributed by atoms with E-state index in [0.29, 0.717) is 11.1 Å². The van der Waals surface area contributed by atoms with Crippen molar-refractivity contribution in [2.75, 3.05) is 20.1 Å². The zero-order chi connectivity index (χ0) is 19.8. The molecule has 0 spiro atoms. The predicted octanol–water partition coefficient (Wildman–Crippen LogP) is 4.23. The molecule has 5 rings (SSSR count). The minimum atomic E-state index is 0.540. The van der Waals surface area contributed by atoms with Crippen molar-refractivity contribution in [2.45, 2.75) is 32.0 Å². The van der Waals surface area contributed by atoms with E-state index in [1.165, 1.54) is 0 Å². The molecule has 0 saturated carbocycles. The molecule has 6 nitrogen and oxygen atoms in total. The van der Waals surface area contributed by atoms with Gasteiger partial charge in [-0.15, -0.1) is 0 Å². The average Bonchev–Trinajstić information content (AvgIpc) is 3.31. The highest BCUT2D eigenvalue weighted by molar-refractivity contribution is 6.31. The molecular formula is C22H24ClN5O. The molecule has 4 aromatic rings.